The first-order valence-corrected chi connectivity index (χ1v) is 5.39. The van der Waals surface area contributed by atoms with Crippen molar-refractivity contribution < 1.29 is 63.9 Å². The average molecular weight is 457 g/mol. The number of thioether (sulfide) groups is 1. The summed E-state index contributed by atoms with van der Waals surface area (Å²) in [5.41, 5.74) is 5.80. The van der Waals surface area contributed by atoms with Gasteiger partial charge in [-0.25, -0.2) is 4.79 Å². The Hall–Kier alpha value is 0.392. The minimum Gasteiger partial charge on any atom is -0.477 e. The Morgan fingerprint density at radius 2 is 2.25 bits per heavy atom. The van der Waals surface area contributed by atoms with Crippen LogP contribution in [0, 0.1) is 44.1 Å². The van der Waals surface area contributed by atoms with Crippen LogP contribution in [0.25, 0.3) is 0 Å². The van der Waals surface area contributed by atoms with E-state index in [-0.39, 0.29) is 61.7 Å². The van der Waals surface area contributed by atoms with Gasteiger partial charge in [0, 0.05) is 49.8 Å². The summed E-state index contributed by atoms with van der Waals surface area (Å²) in [5.74, 6) is -1.18. The van der Waals surface area contributed by atoms with Crippen molar-refractivity contribution in [3.05, 3.63) is 11.3 Å². The molecule has 0 aromatic heterocycles. The molecule has 0 aromatic carbocycles. The summed E-state index contributed by atoms with van der Waals surface area (Å²) < 4.78 is 0. The van der Waals surface area contributed by atoms with Gasteiger partial charge in [0.1, 0.15) is 17.1 Å². The fraction of sp³-hybridized carbons (Fsp3) is 0.500. The molecule has 1 amide bonds. The van der Waals surface area contributed by atoms with Gasteiger partial charge in [0.2, 0.25) is 5.91 Å². The number of fused-ring (bicyclic) bond motifs is 1. The molecule has 6 nitrogen and oxygen atoms in total. The maximum atomic E-state index is 11.4. The number of nitrogens with zero attached hydrogens (tertiary/aromatic N) is 1. The van der Waals surface area contributed by atoms with Crippen LogP contribution in [0.5, 0.6) is 0 Å². The Morgan fingerprint density at radius 3 is 2.75 bits per heavy atom. The molecule has 1 radical (unpaired) electrons. The number of amides is 1. The van der Waals surface area contributed by atoms with Gasteiger partial charge < -0.3 is 15.9 Å². The number of carboxylic acids is 1. The van der Waals surface area contributed by atoms with Gasteiger partial charge in [-0.1, -0.05) is 0 Å². The Morgan fingerprint density at radius 1 is 1.62 bits per heavy atom. The van der Waals surface area contributed by atoms with Gasteiger partial charge in [0.05, 0.1) is 6.61 Å². The van der Waals surface area contributed by atoms with Gasteiger partial charge in [-0.3, -0.25) is 9.69 Å². The van der Waals surface area contributed by atoms with E-state index in [1.165, 1.54) is 11.8 Å². The van der Waals surface area contributed by atoms with Crippen LogP contribution in [0.15, 0.2) is 11.3 Å². The van der Waals surface area contributed by atoms with E-state index >= 15 is 0 Å². The number of hydrogen-bond donors (Lipinski definition) is 3. The molecule has 0 bridgehead atoms. The normalized spacial score (nSPS) is 28.1. The number of β-lactam (4-membered cyclic amide) rings is 1. The van der Waals surface area contributed by atoms with E-state index in [1.807, 2.05) is 0 Å². The van der Waals surface area contributed by atoms with Crippen molar-refractivity contribution >= 4 is 23.6 Å². The van der Waals surface area contributed by atoms with Crippen LogP contribution < -0.4 is 5.73 Å². The summed E-state index contributed by atoms with van der Waals surface area (Å²) in [5, 5.41) is 17.6. The van der Waals surface area contributed by atoms with E-state index in [1.54, 1.807) is 0 Å². The molecule has 2 aliphatic rings. The Balaban J connectivity index is 0.00000128. The second kappa shape index (κ2) is 5.36. The molecule has 2 rings (SSSR count). The number of carbonyl (C=O) groups excluding carboxylic acids is 1. The van der Waals surface area contributed by atoms with E-state index in [2.05, 4.69) is 0 Å². The summed E-state index contributed by atoms with van der Waals surface area (Å²) >= 11 is 1.38. The minimum absolute atomic E-state index is 0. The number of rotatable bonds is 2. The molecule has 85 valence electrons. The predicted molar refractivity (Wildman–Crippen MR) is 52.8 cm³/mol. The predicted octanol–water partition coefficient (Wildman–Crippen LogP) is -1.44. The van der Waals surface area contributed by atoms with Crippen molar-refractivity contribution in [3.63, 3.8) is 0 Å². The summed E-state index contributed by atoms with van der Waals surface area (Å²) in [6.45, 7) is -0.347. The quantitative estimate of drug-likeness (QED) is 0.439. The molecule has 2 heterocycles. The fourth-order valence-electron chi connectivity index (χ4n) is 1.70. The molecule has 16 heavy (non-hydrogen) atoms. The molecule has 1 fully saturated rings. The zero-order chi connectivity index (χ0) is 11.2. The Kier molecular flexibility index (Phi) is 4.84. The van der Waals surface area contributed by atoms with Gasteiger partial charge in [-0.2, -0.15) is 0 Å². The summed E-state index contributed by atoms with van der Waals surface area (Å²) in [4.78, 5) is 23.5. The Labute approximate surface area is 132 Å². The first-order valence-electron chi connectivity index (χ1n) is 4.34. The number of nitrogens with two attached hydrogens (primary N) is 1. The standard InChI is InChI=1S/C8H10N2O4S.Ac/c9-4-6(12)10-5(8(13)14)3(1-11)2-15-7(4)10;/h4,7,11H,1-2,9H2,(H,13,14);/t4-,7?;/m1./s1. The van der Waals surface area contributed by atoms with Crippen LogP contribution in [0.3, 0.4) is 0 Å². The molecule has 0 saturated carbocycles. The van der Waals surface area contributed by atoms with Crippen LogP contribution in [-0.4, -0.2) is 50.8 Å². The van der Waals surface area contributed by atoms with Crippen LogP contribution >= 0.6 is 11.8 Å². The van der Waals surface area contributed by atoms with E-state index in [0.717, 1.165) is 4.90 Å². The monoisotopic (exact) mass is 457 g/mol. The second-order valence-corrected chi connectivity index (χ2v) is 4.46. The van der Waals surface area contributed by atoms with Crippen LogP contribution in [0.4, 0.5) is 0 Å². The SMILES string of the molecule is N[C@@H]1C(=O)N2C(C(=O)O)=C(CO)CSC12.[Ac]. The topological polar surface area (TPSA) is 104 Å². The number of carboxylic acid groups (broad SMARTS) is 1. The fourth-order valence-corrected chi connectivity index (χ4v) is 2.98. The smallest absolute Gasteiger partial charge is 0.352 e. The van der Waals surface area contributed by atoms with Gasteiger partial charge >= 0.3 is 5.97 Å². The van der Waals surface area contributed by atoms with Crippen LogP contribution in [0.2, 0.25) is 0 Å². The number of aliphatic carboxylic acids is 1. The number of carbonyl (C=O) groups is 2. The van der Waals surface area contributed by atoms with E-state index in [9.17, 15) is 9.59 Å². The maximum absolute atomic E-state index is 11.4. The molecule has 1 saturated heterocycles. The molecular formula is C8H10AcN2O4S. The van der Waals surface area contributed by atoms with Gasteiger partial charge in [0.15, 0.2) is 0 Å². The van der Waals surface area contributed by atoms with Crippen molar-refractivity contribution in [2.24, 2.45) is 5.73 Å². The van der Waals surface area contributed by atoms with Crippen molar-refractivity contribution in [2.75, 3.05) is 12.4 Å². The zero-order valence-corrected chi connectivity index (χ0v) is 13.9. The molecule has 0 aliphatic carbocycles. The molecule has 0 spiro atoms. The molecule has 8 heteroatoms. The molecular weight excluding hydrogens is 447 g/mol. The summed E-state index contributed by atoms with van der Waals surface area (Å²) in [6.07, 6.45) is 0. The van der Waals surface area contributed by atoms with E-state index in [0.29, 0.717) is 11.3 Å². The molecule has 2 aliphatic heterocycles. The summed E-state index contributed by atoms with van der Waals surface area (Å²) in [6, 6.07) is -0.621. The second-order valence-electron chi connectivity index (χ2n) is 3.35. The average Bonchev–Trinajstić information content (AvgIpc) is 2.25. The van der Waals surface area contributed by atoms with Crippen molar-refractivity contribution in [2.45, 2.75) is 11.4 Å². The number of aliphatic hydroxyl groups excluding tert-OH is 1. The first-order chi connectivity index (χ1) is 7.07. The van der Waals surface area contributed by atoms with Gasteiger partial charge in [0.25, 0.3) is 0 Å². The Bertz CT molecular complexity index is 373. The molecule has 4 N–H and O–H groups in total. The first kappa shape index (κ1) is 14.5. The molecule has 1 unspecified atom stereocenters. The van der Waals surface area contributed by atoms with Crippen LogP contribution in [-0.2, 0) is 9.59 Å². The number of aliphatic hydroxyl groups is 1. The third kappa shape index (κ3) is 2.06. The third-order valence-electron chi connectivity index (χ3n) is 2.48. The van der Waals surface area contributed by atoms with Gasteiger partial charge in [-0.15, -0.1) is 11.8 Å². The van der Waals surface area contributed by atoms with Gasteiger partial charge in [-0.05, 0) is 5.57 Å². The van der Waals surface area contributed by atoms with Crippen molar-refractivity contribution in [1.82, 2.24) is 4.90 Å². The minimum atomic E-state index is -1.19. The van der Waals surface area contributed by atoms with Crippen molar-refractivity contribution in [3.8, 4) is 0 Å². The largest absolute Gasteiger partial charge is 0.477 e. The van der Waals surface area contributed by atoms with E-state index < -0.39 is 17.9 Å². The van der Waals surface area contributed by atoms with Crippen LogP contribution in [0.1, 0.15) is 0 Å². The summed E-state index contributed by atoms with van der Waals surface area (Å²) in [7, 11) is 0. The molecule has 2 atom stereocenters. The van der Waals surface area contributed by atoms with E-state index in [4.69, 9.17) is 15.9 Å². The third-order valence-corrected chi connectivity index (χ3v) is 3.84. The van der Waals surface area contributed by atoms with Crippen molar-refractivity contribution in [1.29, 1.82) is 0 Å². The zero-order valence-electron chi connectivity index (χ0n) is 8.29. The molecule has 0 aromatic rings. The number of hydrogen-bond acceptors (Lipinski definition) is 5. The maximum Gasteiger partial charge on any atom is 0.352 e.